The third-order valence-electron chi connectivity index (χ3n) is 15.3. The Bertz CT molecular complexity index is 3600. The summed E-state index contributed by atoms with van der Waals surface area (Å²) in [6, 6.07) is 70.5. The molecular formula is C70H66. The minimum atomic E-state index is -0.0523. The topological polar surface area (TPSA) is 0 Å². The molecule has 11 rings (SSSR count). The van der Waals surface area contributed by atoms with Crippen LogP contribution in [0.25, 0.3) is 109 Å². The molecular weight excluding hydrogens is 841 g/mol. The third kappa shape index (κ3) is 7.68. The molecule has 0 amide bonds. The first-order valence-electron chi connectivity index (χ1n) is 25.4. The zero-order valence-corrected chi connectivity index (χ0v) is 43.3. The lowest BCUT2D eigenvalue weighted by Crippen LogP contribution is -2.11. The molecule has 0 fully saturated rings. The van der Waals surface area contributed by atoms with E-state index in [0.717, 1.165) is 0 Å². The van der Waals surface area contributed by atoms with E-state index in [9.17, 15) is 0 Å². The maximum absolute atomic E-state index is 2.59. The van der Waals surface area contributed by atoms with E-state index in [-0.39, 0.29) is 21.7 Å². The van der Waals surface area contributed by atoms with Crippen molar-refractivity contribution in [1.82, 2.24) is 0 Å². The maximum atomic E-state index is 2.59. The number of fused-ring (bicyclic) bond motifs is 8. The Hall–Kier alpha value is -7.02. The summed E-state index contributed by atoms with van der Waals surface area (Å²) in [4.78, 5) is 0. The summed E-state index contributed by atoms with van der Waals surface area (Å²) in [5, 5.41) is 15.2. The highest BCUT2D eigenvalue weighted by molar-refractivity contribution is 6.31. The van der Waals surface area contributed by atoms with Gasteiger partial charge in [-0.2, -0.15) is 0 Å². The molecule has 0 saturated heterocycles. The molecule has 0 unspecified atom stereocenters. The first-order valence-corrected chi connectivity index (χ1v) is 25.4. The second kappa shape index (κ2) is 16.3. The Kier molecular flexibility index (Phi) is 10.6. The Morgan fingerprint density at radius 3 is 0.886 bits per heavy atom. The molecule has 0 bridgehead atoms. The zero-order chi connectivity index (χ0) is 49.1. The molecule has 0 heterocycles. The van der Waals surface area contributed by atoms with E-state index in [0.29, 0.717) is 0 Å². The van der Waals surface area contributed by atoms with Gasteiger partial charge in [0.2, 0.25) is 0 Å². The van der Waals surface area contributed by atoms with Crippen LogP contribution in [0.5, 0.6) is 0 Å². The number of benzene rings is 11. The van der Waals surface area contributed by atoms with Gasteiger partial charge in [-0.1, -0.05) is 241 Å². The molecule has 11 aromatic rings. The number of rotatable bonds is 4. The van der Waals surface area contributed by atoms with Gasteiger partial charge in [0.05, 0.1) is 0 Å². The van der Waals surface area contributed by atoms with Crippen molar-refractivity contribution < 1.29 is 0 Å². The monoisotopic (exact) mass is 907 g/mol. The van der Waals surface area contributed by atoms with Gasteiger partial charge in [0.1, 0.15) is 0 Å². The van der Waals surface area contributed by atoms with Gasteiger partial charge < -0.3 is 0 Å². The van der Waals surface area contributed by atoms with Gasteiger partial charge in [0.15, 0.2) is 0 Å². The van der Waals surface area contributed by atoms with E-state index in [4.69, 9.17) is 0 Å². The fourth-order valence-electron chi connectivity index (χ4n) is 11.2. The molecule has 0 heteroatoms. The average molecular weight is 907 g/mol. The minimum Gasteiger partial charge on any atom is -0.0616 e. The molecule has 0 aromatic heterocycles. The highest BCUT2D eigenvalue weighted by Gasteiger charge is 2.27. The summed E-state index contributed by atoms with van der Waals surface area (Å²) in [6.07, 6.45) is 0. The van der Waals surface area contributed by atoms with Crippen molar-refractivity contribution in [2.24, 2.45) is 0 Å². The van der Waals surface area contributed by atoms with Crippen LogP contribution in [0.1, 0.15) is 105 Å². The first-order chi connectivity index (χ1) is 33.3. The van der Waals surface area contributed by atoms with Crippen molar-refractivity contribution in [3.63, 3.8) is 0 Å². The molecule has 0 radical (unpaired) electrons. The van der Waals surface area contributed by atoms with E-state index >= 15 is 0 Å². The summed E-state index contributed by atoms with van der Waals surface area (Å²) in [7, 11) is 0. The molecule has 0 aliphatic rings. The van der Waals surface area contributed by atoms with E-state index in [1.807, 2.05) is 0 Å². The lowest BCUT2D eigenvalue weighted by molar-refractivity contribution is 0.590. The van der Waals surface area contributed by atoms with Crippen molar-refractivity contribution in [3.8, 4) is 44.5 Å². The Morgan fingerprint density at radius 1 is 0.214 bits per heavy atom. The van der Waals surface area contributed by atoms with E-state index in [1.165, 1.54) is 131 Å². The highest BCUT2D eigenvalue weighted by Crippen LogP contribution is 2.53. The van der Waals surface area contributed by atoms with Crippen LogP contribution in [0.4, 0.5) is 0 Å². The molecule has 70 heavy (non-hydrogen) atoms. The normalized spacial score (nSPS) is 12.9. The Balaban J connectivity index is 1.41. The summed E-state index contributed by atoms with van der Waals surface area (Å²) in [5.74, 6) is 0. The van der Waals surface area contributed by atoms with Crippen molar-refractivity contribution in [2.45, 2.75) is 105 Å². The summed E-state index contributed by atoms with van der Waals surface area (Å²) >= 11 is 0. The highest BCUT2D eigenvalue weighted by atomic mass is 14.3. The standard InChI is InChI=1S/C70H66/c1-67(2,3)47-31-27-45(28-32-47)63-59-39-49(69(7,8)9)35-37-53(59)57-42-62-58(41-61(57)65(63)55-25-17-21-43-19-13-15-23-51(43)55)54-38-36-50(70(10,11)12)40-60(54)64(46-29-33-48(34-30-46)68(4,5)6)66(62)56-26-18-22-44-20-14-16-24-52(44)56/h13-42H,1-12H3. The Labute approximate surface area is 416 Å². The average Bonchev–Trinajstić information content (AvgIpc) is 3.33. The van der Waals surface area contributed by atoms with Crippen molar-refractivity contribution in [2.75, 3.05) is 0 Å². The lowest BCUT2D eigenvalue weighted by atomic mass is 9.77. The van der Waals surface area contributed by atoms with Crippen LogP contribution < -0.4 is 0 Å². The molecule has 0 N–H and O–H groups in total. The second-order valence-corrected chi connectivity index (χ2v) is 24.2. The van der Waals surface area contributed by atoms with Crippen LogP contribution in [0.15, 0.2) is 182 Å². The molecule has 0 spiro atoms. The van der Waals surface area contributed by atoms with Crippen LogP contribution in [0.3, 0.4) is 0 Å². The first kappa shape index (κ1) is 45.4. The van der Waals surface area contributed by atoms with Gasteiger partial charge >= 0.3 is 0 Å². The van der Waals surface area contributed by atoms with Crippen LogP contribution in [0, 0.1) is 0 Å². The molecule has 11 aromatic carbocycles. The smallest absolute Gasteiger partial charge is 0.00139 e. The number of hydrogen-bond acceptors (Lipinski definition) is 0. The molecule has 0 atom stereocenters. The minimum absolute atomic E-state index is 0.0317. The lowest BCUT2D eigenvalue weighted by Gasteiger charge is -2.26. The predicted octanol–water partition coefficient (Wildman–Crippen LogP) is 20.5. The summed E-state index contributed by atoms with van der Waals surface area (Å²) in [5.41, 5.74) is 15.4. The van der Waals surface area contributed by atoms with Crippen LogP contribution in [-0.2, 0) is 21.7 Å². The molecule has 0 nitrogen and oxygen atoms in total. The van der Waals surface area contributed by atoms with Gasteiger partial charge in [-0.25, -0.2) is 0 Å². The predicted molar refractivity (Wildman–Crippen MR) is 308 cm³/mol. The summed E-state index contributed by atoms with van der Waals surface area (Å²) in [6.45, 7) is 27.9. The second-order valence-electron chi connectivity index (χ2n) is 24.2. The van der Waals surface area contributed by atoms with Gasteiger partial charge in [-0.05, 0) is 177 Å². The van der Waals surface area contributed by atoms with Crippen LogP contribution in [0.2, 0.25) is 0 Å². The zero-order valence-electron chi connectivity index (χ0n) is 43.3. The quantitative estimate of drug-likeness (QED) is 0.122. The maximum Gasteiger partial charge on any atom is -0.00139 e. The molecule has 0 saturated carbocycles. The third-order valence-corrected chi connectivity index (χ3v) is 15.3. The number of hydrogen-bond donors (Lipinski definition) is 0. The fraction of sp³-hybridized carbons (Fsp3) is 0.229. The van der Waals surface area contributed by atoms with Gasteiger partial charge in [-0.3, -0.25) is 0 Å². The molecule has 0 aliphatic carbocycles. The van der Waals surface area contributed by atoms with Crippen molar-refractivity contribution in [3.05, 3.63) is 204 Å². The largest absolute Gasteiger partial charge is 0.0616 e. The van der Waals surface area contributed by atoms with Crippen molar-refractivity contribution >= 4 is 64.6 Å². The van der Waals surface area contributed by atoms with Crippen molar-refractivity contribution in [1.29, 1.82) is 0 Å². The van der Waals surface area contributed by atoms with Gasteiger partial charge in [-0.15, -0.1) is 0 Å². The molecule has 346 valence electrons. The van der Waals surface area contributed by atoms with Gasteiger partial charge in [0.25, 0.3) is 0 Å². The summed E-state index contributed by atoms with van der Waals surface area (Å²) < 4.78 is 0. The van der Waals surface area contributed by atoms with Gasteiger partial charge in [0, 0.05) is 0 Å². The molecule has 0 aliphatic heterocycles. The van der Waals surface area contributed by atoms with E-state index in [2.05, 4.69) is 265 Å². The Morgan fingerprint density at radius 2 is 0.529 bits per heavy atom. The fourth-order valence-corrected chi connectivity index (χ4v) is 11.2. The van der Waals surface area contributed by atoms with E-state index < -0.39 is 0 Å². The van der Waals surface area contributed by atoms with Crippen LogP contribution >= 0.6 is 0 Å². The van der Waals surface area contributed by atoms with Crippen LogP contribution in [-0.4, -0.2) is 0 Å². The SMILES string of the molecule is CC(C)(C)c1ccc(-c2c(-c3cccc4ccccc34)c3cc4c(cc3c3ccc(C(C)(C)C)cc23)c(-c2cccc3ccccc23)c(-c2ccc(C(C)(C)C)cc2)c2cc(C(C)(C)C)ccc24)cc1. The van der Waals surface area contributed by atoms with E-state index in [1.54, 1.807) is 0 Å².